The average molecular weight is 268 g/mol. The molecule has 5 heteroatoms. The highest BCUT2D eigenvalue weighted by Gasteiger charge is 2.47. The van der Waals surface area contributed by atoms with E-state index >= 15 is 0 Å². The van der Waals surface area contributed by atoms with Crippen molar-refractivity contribution in [2.75, 3.05) is 39.5 Å². The maximum absolute atomic E-state index is 12.6. The van der Waals surface area contributed by atoms with Gasteiger partial charge in [0.25, 0.3) is 0 Å². The van der Waals surface area contributed by atoms with Crippen LogP contribution in [0.15, 0.2) is 0 Å². The van der Waals surface area contributed by atoms with Crippen molar-refractivity contribution in [1.82, 2.24) is 9.80 Å². The molecule has 0 bridgehead atoms. The number of likely N-dealkylation sites (tertiary alicyclic amines) is 1. The molecular weight excluding hydrogens is 244 g/mol. The molecule has 0 aromatic rings. The molecule has 2 fully saturated rings. The summed E-state index contributed by atoms with van der Waals surface area (Å²) in [7, 11) is 0. The second kappa shape index (κ2) is 6.01. The Morgan fingerprint density at radius 2 is 1.74 bits per heavy atom. The van der Waals surface area contributed by atoms with E-state index in [0.717, 1.165) is 26.3 Å². The molecular formula is C14H24N2O3. The molecule has 0 spiro atoms. The van der Waals surface area contributed by atoms with Crippen LogP contribution in [0.3, 0.4) is 0 Å². The SMILES string of the molecule is CCC1(CC)C(=O)CCN(CN2CCOCC2)C1=O. The molecule has 0 saturated carbocycles. The molecule has 19 heavy (non-hydrogen) atoms. The van der Waals surface area contributed by atoms with Gasteiger partial charge in [-0.2, -0.15) is 0 Å². The van der Waals surface area contributed by atoms with E-state index in [1.165, 1.54) is 0 Å². The van der Waals surface area contributed by atoms with Crippen LogP contribution in [0.1, 0.15) is 33.1 Å². The first-order valence-electron chi connectivity index (χ1n) is 7.27. The molecule has 0 aromatic heterocycles. The Bertz CT molecular complexity index is 347. The predicted octanol–water partition coefficient (Wildman–Crippen LogP) is 0.884. The van der Waals surface area contributed by atoms with Crippen LogP contribution in [-0.2, 0) is 14.3 Å². The summed E-state index contributed by atoms with van der Waals surface area (Å²) < 4.78 is 5.32. The number of rotatable bonds is 4. The fourth-order valence-electron chi connectivity index (χ4n) is 3.06. The zero-order valence-electron chi connectivity index (χ0n) is 12.0. The summed E-state index contributed by atoms with van der Waals surface area (Å²) in [5.41, 5.74) is -0.759. The topological polar surface area (TPSA) is 49.9 Å². The zero-order valence-corrected chi connectivity index (χ0v) is 12.0. The third-order valence-corrected chi connectivity index (χ3v) is 4.52. The van der Waals surface area contributed by atoms with E-state index in [1.807, 2.05) is 18.7 Å². The van der Waals surface area contributed by atoms with Gasteiger partial charge in [0.05, 0.1) is 19.9 Å². The van der Waals surface area contributed by atoms with E-state index in [2.05, 4.69) is 4.90 Å². The lowest BCUT2D eigenvalue weighted by Crippen LogP contribution is -2.57. The minimum Gasteiger partial charge on any atom is -0.379 e. The van der Waals surface area contributed by atoms with Gasteiger partial charge < -0.3 is 9.64 Å². The molecule has 0 unspecified atom stereocenters. The van der Waals surface area contributed by atoms with Crippen LogP contribution in [0, 0.1) is 5.41 Å². The number of amides is 1. The minimum absolute atomic E-state index is 0.0280. The molecule has 2 heterocycles. The first kappa shape index (κ1) is 14.5. The maximum atomic E-state index is 12.6. The van der Waals surface area contributed by atoms with Gasteiger partial charge in [0, 0.05) is 26.1 Å². The second-order valence-electron chi connectivity index (χ2n) is 5.40. The van der Waals surface area contributed by atoms with Gasteiger partial charge in [-0.25, -0.2) is 0 Å². The highest BCUT2D eigenvalue weighted by Crippen LogP contribution is 2.35. The van der Waals surface area contributed by atoms with Crippen molar-refractivity contribution < 1.29 is 14.3 Å². The Labute approximate surface area is 114 Å². The van der Waals surface area contributed by atoms with Gasteiger partial charge in [0.2, 0.25) is 5.91 Å². The summed E-state index contributed by atoms with van der Waals surface area (Å²) in [6, 6.07) is 0. The van der Waals surface area contributed by atoms with Crippen molar-refractivity contribution in [3.63, 3.8) is 0 Å². The van der Waals surface area contributed by atoms with Gasteiger partial charge in [0.15, 0.2) is 0 Å². The second-order valence-corrected chi connectivity index (χ2v) is 5.40. The van der Waals surface area contributed by atoms with Crippen molar-refractivity contribution in [2.45, 2.75) is 33.1 Å². The zero-order chi connectivity index (χ0) is 13.9. The molecule has 5 nitrogen and oxygen atoms in total. The van der Waals surface area contributed by atoms with E-state index in [0.29, 0.717) is 32.5 Å². The van der Waals surface area contributed by atoms with Crippen molar-refractivity contribution in [3.05, 3.63) is 0 Å². The molecule has 2 rings (SSSR count). The largest absolute Gasteiger partial charge is 0.379 e. The Morgan fingerprint density at radius 3 is 2.32 bits per heavy atom. The fourth-order valence-corrected chi connectivity index (χ4v) is 3.06. The molecule has 0 radical (unpaired) electrons. The van der Waals surface area contributed by atoms with Gasteiger partial charge >= 0.3 is 0 Å². The molecule has 2 aliphatic rings. The van der Waals surface area contributed by atoms with E-state index in [1.54, 1.807) is 0 Å². The number of ketones is 1. The van der Waals surface area contributed by atoms with Crippen molar-refractivity contribution in [3.8, 4) is 0 Å². The number of morpholine rings is 1. The summed E-state index contributed by atoms with van der Waals surface area (Å²) >= 11 is 0. The molecule has 0 aromatic carbocycles. The standard InChI is InChI=1S/C14H24N2O3/c1-3-14(4-2)12(17)5-6-16(13(14)18)11-15-7-9-19-10-8-15/h3-11H2,1-2H3. The van der Waals surface area contributed by atoms with Crippen LogP contribution in [0.4, 0.5) is 0 Å². The van der Waals surface area contributed by atoms with Crippen LogP contribution in [-0.4, -0.2) is 61.0 Å². The fraction of sp³-hybridized carbons (Fsp3) is 0.857. The third-order valence-electron chi connectivity index (χ3n) is 4.52. The highest BCUT2D eigenvalue weighted by atomic mass is 16.5. The quantitative estimate of drug-likeness (QED) is 0.710. The molecule has 108 valence electrons. The molecule has 0 N–H and O–H groups in total. The number of carbonyl (C=O) groups excluding carboxylic acids is 2. The number of carbonyl (C=O) groups is 2. The van der Waals surface area contributed by atoms with Crippen LogP contribution >= 0.6 is 0 Å². The first-order valence-corrected chi connectivity index (χ1v) is 7.27. The summed E-state index contributed by atoms with van der Waals surface area (Å²) in [4.78, 5) is 28.9. The van der Waals surface area contributed by atoms with Crippen LogP contribution in [0.2, 0.25) is 0 Å². The smallest absolute Gasteiger partial charge is 0.237 e. The summed E-state index contributed by atoms with van der Waals surface area (Å²) in [6.45, 7) is 8.27. The predicted molar refractivity (Wildman–Crippen MR) is 71.6 cm³/mol. The van der Waals surface area contributed by atoms with Crippen LogP contribution in [0.25, 0.3) is 0 Å². The summed E-state index contributed by atoms with van der Waals surface area (Å²) in [5, 5.41) is 0. The number of Topliss-reactive ketones (excluding diaryl/α,β-unsaturated/α-hetero) is 1. The van der Waals surface area contributed by atoms with Crippen molar-refractivity contribution in [2.24, 2.45) is 5.41 Å². The van der Waals surface area contributed by atoms with E-state index < -0.39 is 5.41 Å². The summed E-state index contributed by atoms with van der Waals surface area (Å²) in [6.07, 6.45) is 1.72. The van der Waals surface area contributed by atoms with Crippen molar-refractivity contribution >= 4 is 11.7 Å². The van der Waals surface area contributed by atoms with E-state index in [-0.39, 0.29) is 11.7 Å². The number of nitrogens with zero attached hydrogens (tertiary/aromatic N) is 2. The monoisotopic (exact) mass is 268 g/mol. The number of piperidine rings is 1. The molecule has 0 atom stereocenters. The van der Waals surface area contributed by atoms with E-state index in [9.17, 15) is 9.59 Å². The van der Waals surface area contributed by atoms with Crippen molar-refractivity contribution in [1.29, 1.82) is 0 Å². The summed E-state index contributed by atoms with van der Waals surface area (Å²) in [5.74, 6) is 0.154. The maximum Gasteiger partial charge on any atom is 0.237 e. The van der Waals surface area contributed by atoms with E-state index in [4.69, 9.17) is 4.74 Å². The van der Waals surface area contributed by atoms with Gasteiger partial charge in [-0.1, -0.05) is 13.8 Å². The Kier molecular flexibility index (Phi) is 4.58. The molecule has 2 aliphatic heterocycles. The first-order chi connectivity index (χ1) is 9.14. The normalized spacial score (nSPS) is 24.8. The lowest BCUT2D eigenvalue weighted by atomic mass is 9.73. The Hall–Kier alpha value is -0.940. The van der Waals surface area contributed by atoms with Gasteiger partial charge in [-0.15, -0.1) is 0 Å². The number of hydrogen-bond donors (Lipinski definition) is 0. The molecule has 2 saturated heterocycles. The molecule has 1 amide bonds. The van der Waals surface area contributed by atoms with Gasteiger partial charge in [-0.3, -0.25) is 14.5 Å². The number of hydrogen-bond acceptors (Lipinski definition) is 4. The van der Waals surface area contributed by atoms with Crippen LogP contribution in [0.5, 0.6) is 0 Å². The average Bonchev–Trinajstić information content (AvgIpc) is 2.45. The van der Waals surface area contributed by atoms with Gasteiger partial charge in [-0.05, 0) is 12.8 Å². The Morgan fingerprint density at radius 1 is 1.11 bits per heavy atom. The van der Waals surface area contributed by atoms with Crippen LogP contribution < -0.4 is 0 Å². The third kappa shape index (κ3) is 2.67. The van der Waals surface area contributed by atoms with Gasteiger partial charge in [0.1, 0.15) is 11.2 Å². The lowest BCUT2D eigenvalue weighted by Gasteiger charge is -2.42. The number of ether oxygens (including phenoxy) is 1. The Balaban J connectivity index is 2.05. The molecule has 0 aliphatic carbocycles. The minimum atomic E-state index is -0.759. The highest BCUT2D eigenvalue weighted by molar-refractivity contribution is 6.07. The lowest BCUT2D eigenvalue weighted by molar-refractivity contribution is -0.158.